The van der Waals surface area contributed by atoms with Gasteiger partial charge >= 0.3 is 0 Å². The van der Waals surface area contributed by atoms with Crippen LogP contribution in [0.3, 0.4) is 0 Å². The highest BCUT2D eigenvalue weighted by molar-refractivity contribution is 5.94. The number of hydrogen-bond donors (Lipinski definition) is 1. The van der Waals surface area contributed by atoms with E-state index in [-0.39, 0.29) is 11.8 Å². The smallest absolute Gasteiger partial charge is 0.254 e. The number of carbonyl (C=O) groups excluding carboxylic acids is 2. The molecule has 1 atom stereocenters. The van der Waals surface area contributed by atoms with Crippen LogP contribution in [0.2, 0.25) is 0 Å². The van der Waals surface area contributed by atoms with Crippen LogP contribution in [0.4, 0.5) is 5.82 Å². The van der Waals surface area contributed by atoms with Gasteiger partial charge in [-0.2, -0.15) is 0 Å². The zero-order chi connectivity index (χ0) is 16.8. The molecule has 1 aromatic heterocycles. The Bertz CT molecular complexity index is 559. The molecule has 1 aliphatic heterocycles. The molecule has 0 aromatic carbocycles. The van der Waals surface area contributed by atoms with E-state index in [0.29, 0.717) is 23.7 Å². The van der Waals surface area contributed by atoms with Crippen molar-refractivity contribution < 1.29 is 9.59 Å². The summed E-state index contributed by atoms with van der Waals surface area (Å²) in [5.74, 6) is 1.30. The molecule has 0 spiro atoms. The minimum absolute atomic E-state index is 0.0486. The van der Waals surface area contributed by atoms with Crippen LogP contribution in [0.5, 0.6) is 0 Å². The fraction of sp³-hybridized carbons (Fsp3) is 0.588. The van der Waals surface area contributed by atoms with E-state index in [1.807, 2.05) is 4.90 Å². The maximum atomic E-state index is 12.7. The molecule has 0 radical (unpaired) electrons. The van der Waals surface area contributed by atoms with Gasteiger partial charge in [0.15, 0.2) is 0 Å². The molecule has 1 N–H and O–H groups in total. The Morgan fingerprint density at radius 2 is 2.22 bits per heavy atom. The summed E-state index contributed by atoms with van der Waals surface area (Å²) in [5.41, 5.74) is 0.661. The fourth-order valence-corrected chi connectivity index (χ4v) is 2.92. The molecule has 1 fully saturated rings. The van der Waals surface area contributed by atoms with E-state index in [4.69, 9.17) is 0 Å². The third kappa shape index (κ3) is 4.68. The molecule has 126 valence electrons. The molecule has 6 nitrogen and oxygen atoms in total. The molecular weight excluding hydrogens is 292 g/mol. The van der Waals surface area contributed by atoms with Crippen molar-refractivity contribution in [1.82, 2.24) is 14.8 Å². The Balaban J connectivity index is 1.94. The van der Waals surface area contributed by atoms with Crippen LogP contribution in [-0.4, -0.2) is 60.8 Å². The normalized spacial score (nSPS) is 17.7. The van der Waals surface area contributed by atoms with Crippen LogP contribution in [0.25, 0.3) is 0 Å². The Kier molecular flexibility index (Phi) is 5.96. The van der Waals surface area contributed by atoms with Crippen LogP contribution < -0.4 is 5.32 Å². The van der Waals surface area contributed by atoms with Gasteiger partial charge in [-0.3, -0.25) is 9.59 Å². The molecule has 0 saturated carbocycles. The number of nitrogens with zero attached hydrogens (tertiary/aromatic N) is 3. The quantitative estimate of drug-likeness (QED) is 0.900. The zero-order valence-corrected chi connectivity index (χ0v) is 14.2. The highest BCUT2D eigenvalue weighted by Gasteiger charge is 2.25. The summed E-state index contributed by atoms with van der Waals surface area (Å²) in [6.07, 6.45) is 5.13. The van der Waals surface area contributed by atoms with Crippen LogP contribution in [-0.2, 0) is 4.79 Å². The molecule has 23 heavy (non-hydrogen) atoms. The van der Waals surface area contributed by atoms with Gasteiger partial charge in [0, 0.05) is 52.4 Å². The van der Waals surface area contributed by atoms with Gasteiger partial charge in [0.1, 0.15) is 5.82 Å². The maximum absolute atomic E-state index is 12.7. The van der Waals surface area contributed by atoms with E-state index < -0.39 is 0 Å². The molecule has 2 heterocycles. The van der Waals surface area contributed by atoms with Gasteiger partial charge in [-0.25, -0.2) is 4.98 Å². The minimum Gasteiger partial charge on any atom is -0.373 e. The number of aromatic nitrogens is 1. The molecule has 1 saturated heterocycles. The van der Waals surface area contributed by atoms with Crippen molar-refractivity contribution >= 4 is 17.6 Å². The third-order valence-electron chi connectivity index (χ3n) is 4.33. The van der Waals surface area contributed by atoms with Crippen molar-refractivity contribution in [3.05, 3.63) is 23.9 Å². The lowest BCUT2D eigenvalue weighted by Gasteiger charge is -2.33. The van der Waals surface area contributed by atoms with Gasteiger partial charge < -0.3 is 15.1 Å². The standard InChI is InChI=1S/C17H26N4O2/c1-18-15-11-14(8-9-19-15)17(23)21-10-4-5-13(12-21)6-7-16(22)20(2)3/h8-9,11,13H,4-7,10,12H2,1-3H3,(H,18,19). The first-order chi connectivity index (χ1) is 11.0. The largest absolute Gasteiger partial charge is 0.373 e. The number of anilines is 1. The molecule has 6 heteroatoms. The van der Waals surface area contributed by atoms with Gasteiger partial charge in [0.25, 0.3) is 5.91 Å². The Morgan fingerprint density at radius 3 is 2.91 bits per heavy atom. The molecule has 2 rings (SSSR count). The van der Waals surface area contributed by atoms with Crippen molar-refractivity contribution in [2.24, 2.45) is 5.92 Å². The van der Waals surface area contributed by atoms with Crippen molar-refractivity contribution in [3.8, 4) is 0 Å². The number of carbonyl (C=O) groups is 2. The average molecular weight is 318 g/mol. The van der Waals surface area contributed by atoms with E-state index in [2.05, 4.69) is 10.3 Å². The van der Waals surface area contributed by atoms with Crippen LogP contribution >= 0.6 is 0 Å². The zero-order valence-electron chi connectivity index (χ0n) is 14.2. The number of amides is 2. The predicted molar refractivity (Wildman–Crippen MR) is 90.3 cm³/mol. The highest BCUT2D eigenvalue weighted by Crippen LogP contribution is 2.23. The van der Waals surface area contributed by atoms with Crippen molar-refractivity contribution in [2.45, 2.75) is 25.7 Å². The summed E-state index contributed by atoms with van der Waals surface area (Å²) in [4.78, 5) is 32.1. The van der Waals surface area contributed by atoms with Crippen molar-refractivity contribution in [2.75, 3.05) is 39.5 Å². The van der Waals surface area contributed by atoms with Gasteiger partial charge in [0.2, 0.25) is 5.91 Å². The third-order valence-corrected chi connectivity index (χ3v) is 4.33. The topological polar surface area (TPSA) is 65.5 Å². The molecule has 0 bridgehead atoms. The Morgan fingerprint density at radius 1 is 1.43 bits per heavy atom. The average Bonchev–Trinajstić information content (AvgIpc) is 2.59. The second kappa shape index (κ2) is 7.94. The summed E-state index contributed by atoms with van der Waals surface area (Å²) < 4.78 is 0. The van der Waals surface area contributed by atoms with Crippen LogP contribution in [0, 0.1) is 5.92 Å². The number of likely N-dealkylation sites (tertiary alicyclic amines) is 1. The molecule has 1 aliphatic rings. The van der Waals surface area contributed by atoms with Gasteiger partial charge in [-0.15, -0.1) is 0 Å². The summed E-state index contributed by atoms with van der Waals surface area (Å²) in [7, 11) is 5.35. The first-order valence-corrected chi connectivity index (χ1v) is 8.14. The van der Waals surface area contributed by atoms with Gasteiger partial charge in [-0.1, -0.05) is 0 Å². The maximum Gasteiger partial charge on any atom is 0.254 e. The Labute approximate surface area is 137 Å². The van der Waals surface area contributed by atoms with Crippen LogP contribution in [0.1, 0.15) is 36.0 Å². The highest BCUT2D eigenvalue weighted by atomic mass is 16.2. The molecule has 2 amide bonds. The second-order valence-electron chi connectivity index (χ2n) is 6.27. The molecule has 1 unspecified atom stereocenters. The molecule has 1 aromatic rings. The lowest BCUT2D eigenvalue weighted by Crippen LogP contribution is -2.40. The fourth-order valence-electron chi connectivity index (χ4n) is 2.92. The number of pyridine rings is 1. The predicted octanol–water partition coefficient (Wildman–Crippen LogP) is 1.84. The minimum atomic E-state index is 0.0486. The number of rotatable bonds is 5. The van der Waals surface area contributed by atoms with E-state index in [1.165, 1.54) is 0 Å². The lowest BCUT2D eigenvalue weighted by atomic mass is 9.92. The van der Waals surface area contributed by atoms with Crippen LogP contribution in [0.15, 0.2) is 18.3 Å². The van der Waals surface area contributed by atoms with Crippen molar-refractivity contribution in [1.29, 1.82) is 0 Å². The first kappa shape index (κ1) is 17.2. The number of piperidine rings is 1. The number of hydrogen-bond acceptors (Lipinski definition) is 4. The summed E-state index contributed by atoms with van der Waals surface area (Å²) >= 11 is 0. The number of nitrogens with one attached hydrogen (secondary N) is 1. The lowest BCUT2D eigenvalue weighted by molar-refractivity contribution is -0.129. The SMILES string of the molecule is CNc1cc(C(=O)N2CCCC(CCC(=O)N(C)C)C2)ccn1. The second-order valence-corrected chi connectivity index (χ2v) is 6.27. The molecule has 0 aliphatic carbocycles. The van der Waals surface area contributed by atoms with E-state index in [9.17, 15) is 9.59 Å². The van der Waals surface area contributed by atoms with E-state index in [0.717, 1.165) is 32.4 Å². The van der Waals surface area contributed by atoms with Gasteiger partial charge in [-0.05, 0) is 37.3 Å². The monoisotopic (exact) mass is 318 g/mol. The van der Waals surface area contributed by atoms with E-state index >= 15 is 0 Å². The Hall–Kier alpha value is -2.11. The van der Waals surface area contributed by atoms with Crippen molar-refractivity contribution in [3.63, 3.8) is 0 Å². The van der Waals surface area contributed by atoms with Gasteiger partial charge in [0.05, 0.1) is 0 Å². The summed E-state index contributed by atoms with van der Waals surface area (Å²) in [6.45, 7) is 1.52. The molecular formula is C17H26N4O2. The summed E-state index contributed by atoms with van der Waals surface area (Å²) in [6, 6.07) is 3.53. The summed E-state index contributed by atoms with van der Waals surface area (Å²) in [5, 5.41) is 2.95. The van der Waals surface area contributed by atoms with E-state index in [1.54, 1.807) is 44.4 Å². The first-order valence-electron chi connectivity index (χ1n) is 8.14.